The number of nitrogens with two attached hydrogens (primary N) is 1. The third kappa shape index (κ3) is 2.91. The van der Waals surface area contributed by atoms with Crippen LogP contribution in [0.5, 0.6) is 0 Å². The van der Waals surface area contributed by atoms with Crippen molar-refractivity contribution < 1.29 is 4.39 Å². The molecule has 0 spiro atoms. The summed E-state index contributed by atoms with van der Waals surface area (Å²) in [6, 6.07) is 13.6. The van der Waals surface area contributed by atoms with Gasteiger partial charge in [-0.3, -0.25) is 0 Å². The van der Waals surface area contributed by atoms with Gasteiger partial charge in [-0.15, -0.1) is 0 Å². The topological polar surface area (TPSA) is 26.0 Å². The van der Waals surface area contributed by atoms with E-state index >= 15 is 0 Å². The molecule has 0 radical (unpaired) electrons. The van der Waals surface area contributed by atoms with Crippen LogP contribution in [0.2, 0.25) is 0 Å². The van der Waals surface area contributed by atoms with Crippen molar-refractivity contribution in [2.24, 2.45) is 5.73 Å². The zero-order valence-corrected chi connectivity index (χ0v) is 12.4. The molecule has 106 valence electrons. The minimum absolute atomic E-state index is 0.192. The Morgan fingerprint density at radius 2 is 1.75 bits per heavy atom. The minimum atomic E-state index is -0.663. The first-order valence-corrected chi connectivity index (χ1v) is 7.06. The van der Waals surface area contributed by atoms with Crippen LogP contribution in [0.1, 0.15) is 35.6 Å². The second-order valence-electron chi connectivity index (χ2n) is 5.61. The van der Waals surface area contributed by atoms with Crippen LogP contribution in [-0.2, 0) is 12.0 Å². The van der Waals surface area contributed by atoms with Crippen molar-refractivity contribution in [3.8, 4) is 0 Å². The summed E-state index contributed by atoms with van der Waals surface area (Å²) < 4.78 is 14.4. The molecule has 2 aromatic rings. The Kier molecular flexibility index (Phi) is 4.24. The van der Waals surface area contributed by atoms with Gasteiger partial charge in [0.05, 0.1) is 0 Å². The van der Waals surface area contributed by atoms with Gasteiger partial charge in [0.2, 0.25) is 0 Å². The van der Waals surface area contributed by atoms with Crippen LogP contribution in [0, 0.1) is 19.7 Å². The lowest BCUT2D eigenvalue weighted by Gasteiger charge is -2.31. The van der Waals surface area contributed by atoms with E-state index in [0.29, 0.717) is 18.4 Å². The second-order valence-corrected chi connectivity index (χ2v) is 5.61. The number of halogens is 1. The maximum Gasteiger partial charge on any atom is 0.128 e. The van der Waals surface area contributed by atoms with Gasteiger partial charge in [0.1, 0.15) is 5.82 Å². The van der Waals surface area contributed by atoms with Gasteiger partial charge in [0.15, 0.2) is 0 Å². The highest BCUT2D eigenvalue weighted by Gasteiger charge is 2.30. The fraction of sp³-hybridized carbons (Fsp3) is 0.333. The van der Waals surface area contributed by atoms with Crippen molar-refractivity contribution in [1.82, 2.24) is 0 Å². The first-order chi connectivity index (χ1) is 9.46. The first-order valence-electron chi connectivity index (χ1n) is 7.06. The molecule has 0 aliphatic carbocycles. The van der Waals surface area contributed by atoms with Gasteiger partial charge in [-0.2, -0.15) is 0 Å². The molecule has 0 aliphatic heterocycles. The van der Waals surface area contributed by atoms with Crippen molar-refractivity contribution in [1.29, 1.82) is 0 Å². The van der Waals surface area contributed by atoms with Crippen LogP contribution in [0.4, 0.5) is 4.39 Å². The van der Waals surface area contributed by atoms with E-state index in [4.69, 9.17) is 5.73 Å². The molecule has 0 aromatic heterocycles. The highest BCUT2D eigenvalue weighted by Crippen LogP contribution is 2.32. The quantitative estimate of drug-likeness (QED) is 0.884. The Balaban J connectivity index is 2.46. The highest BCUT2D eigenvalue weighted by atomic mass is 19.1. The summed E-state index contributed by atoms with van der Waals surface area (Å²) in [5.41, 5.74) is 9.55. The molecule has 0 saturated carbocycles. The Bertz CT molecular complexity index is 569. The third-order valence-electron chi connectivity index (χ3n) is 3.92. The van der Waals surface area contributed by atoms with Gasteiger partial charge < -0.3 is 5.73 Å². The molecule has 0 bridgehead atoms. The molecule has 0 amide bonds. The molecule has 0 saturated heterocycles. The van der Waals surface area contributed by atoms with Crippen molar-refractivity contribution in [2.75, 3.05) is 0 Å². The predicted molar refractivity (Wildman–Crippen MR) is 82.2 cm³/mol. The Morgan fingerprint density at radius 1 is 1.10 bits per heavy atom. The van der Waals surface area contributed by atoms with E-state index < -0.39 is 5.54 Å². The molecule has 0 fully saturated rings. The van der Waals surface area contributed by atoms with E-state index in [0.717, 1.165) is 16.7 Å². The number of hydrogen-bond acceptors (Lipinski definition) is 1. The summed E-state index contributed by atoms with van der Waals surface area (Å²) in [7, 11) is 0. The minimum Gasteiger partial charge on any atom is -0.321 e. The summed E-state index contributed by atoms with van der Waals surface area (Å²) in [5.74, 6) is -0.192. The average Bonchev–Trinajstić information content (AvgIpc) is 2.38. The first kappa shape index (κ1) is 14.7. The smallest absolute Gasteiger partial charge is 0.128 e. The van der Waals surface area contributed by atoms with E-state index in [2.05, 4.69) is 0 Å². The van der Waals surface area contributed by atoms with Crippen LogP contribution in [0.3, 0.4) is 0 Å². The number of rotatable bonds is 4. The number of hydrogen-bond donors (Lipinski definition) is 1. The van der Waals surface area contributed by atoms with Crippen LogP contribution in [-0.4, -0.2) is 0 Å². The van der Waals surface area contributed by atoms with E-state index in [-0.39, 0.29) is 5.82 Å². The van der Waals surface area contributed by atoms with Crippen LogP contribution < -0.4 is 5.73 Å². The summed E-state index contributed by atoms with van der Waals surface area (Å²) >= 11 is 0. The fourth-order valence-electron chi connectivity index (χ4n) is 2.90. The lowest BCUT2D eigenvalue weighted by molar-refractivity contribution is 0.400. The molecule has 1 unspecified atom stereocenters. The molecular formula is C18H22FN. The SMILES string of the molecule is CCC(N)(Cc1ccccc1)c1c(C)cc(C)cc1F. The van der Waals surface area contributed by atoms with Gasteiger partial charge in [-0.25, -0.2) is 4.39 Å². The molecule has 2 aromatic carbocycles. The Hall–Kier alpha value is -1.67. The van der Waals surface area contributed by atoms with Gasteiger partial charge in [0.25, 0.3) is 0 Å². The van der Waals surface area contributed by atoms with Crippen LogP contribution in [0.25, 0.3) is 0 Å². The number of benzene rings is 2. The van der Waals surface area contributed by atoms with Crippen molar-refractivity contribution in [3.05, 3.63) is 70.5 Å². The summed E-state index contributed by atoms with van der Waals surface area (Å²) in [6.07, 6.45) is 1.34. The molecule has 20 heavy (non-hydrogen) atoms. The molecule has 1 atom stereocenters. The summed E-state index contributed by atoms with van der Waals surface area (Å²) in [6.45, 7) is 5.86. The van der Waals surface area contributed by atoms with Gasteiger partial charge in [0, 0.05) is 11.1 Å². The number of aryl methyl sites for hydroxylation is 2. The second kappa shape index (κ2) is 5.76. The van der Waals surface area contributed by atoms with E-state index in [1.807, 2.05) is 57.2 Å². The molecule has 2 N–H and O–H groups in total. The van der Waals surface area contributed by atoms with Crippen molar-refractivity contribution >= 4 is 0 Å². The fourth-order valence-corrected chi connectivity index (χ4v) is 2.90. The standard InChI is InChI=1S/C18H22FN/c1-4-18(20,12-15-8-6-5-7-9-15)17-14(3)10-13(2)11-16(17)19/h5-11H,4,12,20H2,1-3H3. The Labute approximate surface area is 120 Å². The van der Waals surface area contributed by atoms with E-state index in [9.17, 15) is 4.39 Å². The Morgan fingerprint density at radius 3 is 2.30 bits per heavy atom. The third-order valence-corrected chi connectivity index (χ3v) is 3.92. The lowest BCUT2D eigenvalue weighted by Crippen LogP contribution is -2.40. The van der Waals surface area contributed by atoms with Gasteiger partial charge >= 0.3 is 0 Å². The maximum absolute atomic E-state index is 14.4. The van der Waals surface area contributed by atoms with Crippen LogP contribution >= 0.6 is 0 Å². The van der Waals surface area contributed by atoms with E-state index in [1.54, 1.807) is 6.07 Å². The lowest BCUT2D eigenvalue weighted by atomic mass is 9.79. The van der Waals surface area contributed by atoms with Crippen molar-refractivity contribution in [2.45, 2.75) is 39.2 Å². The van der Waals surface area contributed by atoms with Gasteiger partial charge in [-0.05, 0) is 49.4 Å². The zero-order chi connectivity index (χ0) is 14.8. The normalized spacial score (nSPS) is 14.1. The largest absolute Gasteiger partial charge is 0.321 e. The zero-order valence-electron chi connectivity index (χ0n) is 12.4. The predicted octanol–water partition coefficient (Wildman–Crippen LogP) is 4.25. The average molecular weight is 271 g/mol. The molecule has 0 heterocycles. The van der Waals surface area contributed by atoms with Gasteiger partial charge in [-0.1, -0.05) is 43.3 Å². The maximum atomic E-state index is 14.4. The molecule has 0 aliphatic rings. The van der Waals surface area contributed by atoms with E-state index in [1.165, 1.54) is 0 Å². The molecule has 2 rings (SSSR count). The monoisotopic (exact) mass is 271 g/mol. The van der Waals surface area contributed by atoms with Crippen molar-refractivity contribution in [3.63, 3.8) is 0 Å². The molecular weight excluding hydrogens is 249 g/mol. The molecule has 2 heteroatoms. The summed E-state index contributed by atoms with van der Waals surface area (Å²) in [5, 5.41) is 0. The van der Waals surface area contributed by atoms with Crippen LogP contribution in [0.15, 0.2) is 42.5 Å². The molecule has 1 nitrogen and oxygen atoms in total. The highest BCUT2D eigenvalue weighted by molar-refractivity contribution is 5.38. The summed E-state index contributed by atoms with van der Waals surface area (Å²) in [4.78, 5) is 0.